The molecule has 0 amide bonds. The Bertz CT molecular complexity index is 363. The van der Waals surface area contributed by atoms with Crippen LogP contribution in [0.5, 0.6) is 0 Å². The van der Waals surface area contributed by atoms with Gasteiger partial charge in [0.2, 0.25) is 0 Å². The van der Waals surface area contributed by atoms with Crippen LogP contribution in [0.3, 0.4) is 0 Å². The van der Waals surface area contributed by atoms with Gasteiger partial charge in [0.15, 0.2) is 0 Å². The minimum Gasteiger partial charge on any atom is -0.381 e. The quantitative estimate of drug-likeness (QED) is 0.914. The standard InChI is InChI=1S/C13H17Cl2NO/c1-16-13-5-6-17-8-9(13)7-10-11(14)3-2-4-12(10)15/h2-4,9,13,16H,5-8H2,1H3. The van der Waals surface area contributed by atoms with E-state index < -0.39 is 0 Å². The Morgan fingerprint density at radius 1 is 1.35 bits per heavy atom. The maximum Gasteiger partial charge on any atom is 0.0512 e. The van der Waals surface area contributed by atoms with Gasteiger partial charge >= 0.3 is 0 Å². The van der Waals surface area contributed by atoms with E-state index in [9.17, 15) is 0 Å². The molecule has 94 valence electrons. The van der Waals surface area contributed by atoms with E-state index in [1.807, 2.05) is 25.2 Å². The largest absolute Gasteiger partial charge is 0.381 e. The molecule has 1 aromatic carbocycles. The molecule has 1 N–H and O–H groups in total. The first kappa shape index (κ1) is 13.2. The SMILES string of the molecule is CNC1CCOCC1Cc1c(Cl)cccc1Cl. The van der Waals surface area contributed by atoms with E-state index in [0.717, 1.165) is 41.7 Å². The first-order valence-corrected chi connectivity index (χ1v) is 6.66. The summed E-state index contributed by atoms with van der Waals surface area (Å²) in [5.74, 6) is 0.436. The van der Waals surface area contributed by atoms with Crippen molar-refractivity contribution in [3.8, 4) is 0 Å². The minimum atomic E-state index is 0.436. The van der Waals surface area contributed by atoms with Gasteiger partial charge in [0.1, 0.15) is 0 Å². The zero-order chi connectivity index (χ0) is 12.3. The van der Waals surface area contributed by atoms with Crippen LogP contribution in [0.1, 0.15) is 12.0 Å². The van der Waals surface area contributed by atoms with Crippen LogP contribution in [0, 0.1) is 5.92 Å². The lowest BCUT2D eigenvalue weighted by Crippen LogP contribution is -2.42. The molecule has 1 fully saturated rings. The van der Waals surface area contributed by atoms with Crippen LogP contribution in [0.4, 0.5) is 0 Å². The summed E-state index contributed by atoms with van der Waals surface area (Å²) < 4.78 is 5.54. The maximum absolute atomic E-state index is 6.19. The molecule has 0 spiro atoms. The van der Waals surface area contributed by atoms with Crippen LogP contribution >= 0.6 is 23.2 Å². The van der Waals surface area contributed by atoms with Crippen LogP contribution in [-0.4, -0.2) is 26.3 Å². The Morgan fingerprint density at radius 3 is 2.71 bits per heavy atom. The van der Waals surface area contributed by atoms with Gasteiger partial charge in [0.05, 0.1) is 6.61 Å². The number of hydrogen-bond donors (Lipinski definition) is 1. The molecule has 1 heterocycles. The van der Waals surface area contributed by atoms with Crippen LogP contribution in [0.2, 0.25) is 10.0 Å². The van der Waals surface area contributed by atoms with Crippen molar-refractivity contribution in [2.45, 2.75) is 18.9 Å². The van der Waals surface area contributed by atoms with E-state index in [1.54, 1.807) is 0 Å². The molecular weight excluding hydrogens is 257 g/mol. The van der Waals surface area contributed by atoms with E-state index in [-0.39, 0.29) is 0 Å². The number of nitrogens with one attached hydrogen (secondary N) is 1. The van der Waals surface area contributed by atoms with Crippen LogP contribution < -0.4 is 5.32 Å². The lowest BCUT2D eigenvalue weighted by molar-refractivity contribution is 0.0342. The van der Waals surface area contributed by atoms with Crippen LogP contribution in [-0.2, 0) is 11.2 Å². The van der Waals surface area contributed by atoms with Gasteiger partial charge < -0.3 is 10.1 Å². The summed E-state index contributed by atoms with van der Waals surface area (Å²) >= 11 is 12.4. The normalized spacial score (nSPS) is 24.9. The molecule has 0 saturated carbocycles. The van der Waals surface area contributed by atoms with Gasteiger partial charge in [-0.2, -0.15) is 0 Å². The van der Waals surface area contributed by atoms with E-state index in [2.05, 4.69) is 5.32 Å². The second-order valence-corrected chi connectivity index (χ2v) is 5.24. The van der Waals surface area contributed by atoms with Gasteiger partial charge in [-0.15, -0.1) is 0 Å². The molecule has 1 aliphatic heterocycles. The molecule has 0 radical (unpaired) electrons. The summed E-state index contributed by atoms with van der Waals surface area (Å²) in [6.07, 6.45) is 1.91. The van der Waals surface area contributed by atoms with Gasteiger partial charge in [-0.3, -0.25) is 0 Å². The summed E-state index contributed by atoms with van der Waals surface area (Å²) in [5, 5.41) is 4.84. The van der Waals surface area contributed by atoms with Crippen molar-refractivity contribution in [3.05, 3.63) is 33.8 Å². The molecule has 1 saturated heterocycles. The van der Waals surface area contributed by atoms with Crippen molar-refractivity contribution >= 4 is 23.2 Å². The van der Waals surface area contributed by atoms with E-state index >= 15 is 0 Å². The van der Waals surface area contributed by atoms with Crippen molar-refractivity contribution in [1.82, 2.24) is 5.32 Å². The fourth-order valence-corrected chi connectivity index (χ4v) is 2.92. The van der Waals surface area contributed by atoms with Gasteiger partial charge in [-0.25, -0.2) is 0 Å². The third-order valence-corrected chi connectivity index (χ3v) is 4.08. The first-order valence-electron chi connectivity index (χ1n) is 5.90. The van der Waals surface area contributed by atoms with E-state index in [1.165, 1.54) is 0 Å². The summed E-state index contributed by atoms with van der Waals surface area (Å²) in [5.41, 5.74) is 1.03. The highest BCUT2D eigenvalue weighted by Gasteiger charge is 2.25. The van der Waals surface area contributed by atoms with Gasteiger partial charge in [0, 0.05) is 28.6 Å². The predicted octanol–water partition coefficient (Wildman–Crippen LogP) is 3.16. The Morgan fingerprint density at radius 2 is 2.06 bits per heavy atom. The second kappa shape index (κ2) is 6.05. The number of hydrogen-bond acceptors (Lipinski definition) is 2. The smallest absolute Gasteiger partial charge is 0.0512 e. The number of halogens is 2. The zero-order valence-electron chi connectivity index (χ0n) is 9.88. The fraction of sp³-hybridized carbons (Fsp3) is 0.538. The van der Waals surface area contributed by atoms with Crippen LogP contribution in [0.15, 0.2) is 18.2 Å². The van der Waals surface area contributed by atoms with Crippen LogP contribution in [0.25, 0.3) is 0 Å². The first-order chi connectivity index (χ1) is 8.22. The molecule has 2 atom stereocenters. The topological polar surface area (TPSA) is 21.3 Å². The Kier molecular flexibility index (Phi) is 4.69. The number of benzene rings is 1. The summed E-state index contributed by atoms with van der Waals surface area (Å²) in [6.45, 7) is 1.60. The molecule has 2 unspecified atom stereocenters. The highest BCUT2D eigenvalue weighted by molar-refractivity contribution is 6.35. The third-order valence-electron chi connectivity index (χ3n) is 3.37. The highest BCUT2D eigenvalue weighted by Crippen LogP contribution is 2.29. The van der Waals surface area contributed by atoms with Crippen molar-refractivity contribution in [2.24, 2.45) is 5.92 Å². The van der Waals surface area contributed by atoms with Gasteiger partial charge in [-0.05, 0) is 37.6 Å². The van der Waals surface area contributed by atoms with Gasteiger partial charge in [0.25, 0.3) is 0 Å². The molecule has 1 aliphatic rings. The molecular formula is C13H17Cl2NO. The molecule has 17 heavy (non-hydrogen) atoms. The lowest BCUT2D eigenvalue weighted by Gasteiger charge is -2.31. The Labute approximate surface area is 112 Å². The molecule has 2 nitrogen and oxygen atoms in total. The minimum absolute atomic E-state index is 0.436. The fourth-order valence-electron chi connectivity index (χ4n) is 2.37. The molecule has 4 heteroatoms. The Hall–Kier alpha value is -0.280. The molecule has 2 rings (SSSR count). The summed E-state index contributed by atoms with van der Waals surface area (Å²) in [4.78, 5) is 0. The summed E-state index contributed by atoms with van der Waals surface area (Å²) in [7, 11) is 2.00. The lowest BCUT2D eigenvalue weighted by atomic mass is 9.89. The number of ether oxygens (including phenoxy) is 1. The molecule has 0 aliphatic carbocycles. The maximum atomic E-state index is 6.19. The van der Waals surface area contributed by atoms with E-state index in [0.29, 0.717) is 12.0 Å². The molecule has 0 bridgehead atoms. The van der Waals surface area contributed by atoms with Crippen molar-refractivity contribution in [1.29, 1.82) is 0 Å². The zero-order valence-corrected chi connectivity index (χ0v) is 11.4. The third kappa shape index (κ3) is 3.14. The predicted molar refractivity (Wildman–Crippen MR) is 71.9 cm³/mol. The van der Waals surface area contributed by atoms with Crippen molar-refractivity contribution < 1.29 is 4.74 Å². The Balaban J connectivity index is 2.13. The summed E-state index contributed by atoms with van der Waals surface area (Å²) in [6, 6.07) is 6.14. The average molecular weight is 274 g/mol. The van der Waals surface area contributed by atoms with Crippen molar-refractivity contribution in [3.63, 3.8) is 0 Å². The van der Waals surface area contributed by atoms with Crippen molar-refractivity contribution in [2.75, 3.05) is 20.3 Å². The monoisotopic (exact) mass is 273 g/mol. The number of rotatable bonds is 3. The molecule has 1 aromatic rings. The second-order valence-electron chi connectivity index (χ2n) is 4.42. The highest BCUT2D eigenvalue weighted by atomic mass is 35.5. The molecule has 0 aromatic heterocycles. The average Bonchev–Trinajstić information content (AvgIpc) is 2.34. The van der Waals surface area contributed by atoms with Gasteiger partial charge in [-0.1, -0.05) is 29.3 Å². The van der Waals surface area contributed by atoms with E-state index in [4.69, 9.17) is 27.9 Å².